The molecule has 66 valence electrons. The highest BCUT2D eigenvalue weighted by molar-refractivity contribution is 5.92. The summed E-state index contributed by atoms with van der Waals surface area (Å²) in [4.78, 5) is 13.1. The van der Waals surface area contributed by atoms with E-state index in [1.165, 1.54) is 6.08 Å². The second-order valence-corrected chi connectivity index (χ2v) is 2.40. The lowest BCUT2D eigenvalue weighted by molar-refractivity contribution is -0.113. The number of carbonyl (C=O) groups excluding carboxylic acids is 1. The maximum Gasteiger partial charge on any atom is 0.242 e. The minimum absolute atomic E-state index is 0.594. The maximum atomic E-state index is 10.7. The van der Waals surface area contributed by atoms with Crippen molar-refractivity contribution in [2.45, 2.75) is 0 Å². The van der Waals surface area contributed by atoms with E-state index in [9.17, 15) is 4.79 Å². The Balaban J connectivity index is 2.74. The quantitative estimate of drug-likeness (QED) is 0.293. The van der Waals surface area contributed by atoms with E-state index in [2.05, 4.69) is 10.0 Å². The largest absolute Gasteiger partial charge is 0.351 e. The van der Waals surface area contributed by atoms with Crippen LogP contribution in [0.15, 0.2) is 29.5 Å². The van der Waals surface area contributed by atoms with E-state index in [0.29, 0.717) is 0 Å². The zero-order valence-corrected chi connectivity index (χ0v) is 7.08. The highest BCUT2D eigenvalue weighted by atomic mass is 16.1. The second kappa shape index (κ2) is 4.13. The number of rotatable bonds is 2. The lowest BCUT2D eigenvalue weighted by atomic mass is 10.4. The highest BCUT2D eigenvalue weighted by Gasteiger charge is 1.92. The minimum atomic E-state index is -0.594. The van der Waals surface area contributed by atoms with Gasteiger partial charge in [0.1, 0.15) is 0 Å². The fourth-order valence-electron chi connectivity index (χ4n) is 0.882. The van der Waals surface area contributed by atoms with Gasteiger partial charge in [0.25, 0.3) is 0 Å². The summed E-state index contributed by atoms with van der Waals surface area (Å²) in [5.74, 6) is -0.594. The normalized spacial score (nSPS) is 9.92. The molecule has 0 aliphatic carbocycles. The molecule has 0 aliphatic heterocycles. The van der Waals surface area contributed by atoms with Crippen LogP contribution in [0, 0.1) is 0 Å². The molecule has 13 heavy (non-hydrogen) atoms. The standard InChI is InChI=1S/C8H8N4O/c1-12-6-2-3-7(12)4-5-8(13)10-11-9/h2-6H,1H3. The van der Waals surface area contributed by atoms with Crippen molar-refractivity contribution in [2.24, 2.45) is 12.2 Å². The highest BCUT2D eigenvalue weighted by Crippen LogP contribution is 2.01. The Labute approximate surface area is 74.9 Å². The number of aromatic nitrogens is 1. The van der Waals surface area contributed by atoms with Gasteiger partial charge in [0.05, 0.1) is 0 Å². The molecule has 1 aromatic heterocycles. The average Bonchev–Trinajstić information content (AvgIpc) is 2.48. The van der Waals surface area contributed by atoms with Crippen LogP contribution in [0.4, 0.5) is 0 Å². The van der Waals surface area contributed by atoms with Crippen molar-refractivity contribution in [3.8, 4) is 0 Å². The van der Waals surface area contributed by atoms with Crippen molar-refractivity contribution >= 4 is 12.0 Å². The molecule has 0 bridgehead atoms. The third kappa shape index (κ3) is 2.50. The summed E-state index contributed by atoms with van der Waals surface area (Å²) < 4.78 is 1.85. The van der Waals surface area contributed by atoms with Gasteiger partial charge in [0.15, 0.2) is 0 Å². The first kappa shape index (κ1) is 9.09. The summed E-state index contributed by atoms with van der Waals surface area (Å²) in [6.07, 6.45) is 4.68. The predicted molar refractivity (Wildman–Crippen MR) is 48.6 cm³/mol. The van der Waals surface area contributed by atoms with E-state index in [1.54, 1.807) is 6.08 Å². The van der Waals surface area contributed by atoms with Crippen LogP contribution in [0.5, 0.6) is 0 Å². The summed E-state index contributed by atoms with van der Waals surface area (Å²) in [5.41, 5.74) is 8.82. The third-order valence-corrected chi connectivity index (χ3v) is 1.52. The molecule has 0 saturated heterocycles. The van der Waals surface area contributed by atoms with E-state index in [1.807, 2.05) is 29.9 Å². The fraction of sp³-hybridized carbons (Fsp3) is 0.125. The summed E-state index contributed by atoms with van der Waals surface area (Å²) in [6, 6.07) is 3.71. The molecular weight excluding hydrogens is 168 g/mol. The Morgan fingerprint density at radius 3 is 3.08 bits per heavy atom. The molecule has 1 heterocycles. The van der Waals surface area contributed by atoms with Crippen molar-refractivity contribution in [1.29, 1.82) is 0 Å². The van der Waals surface area contributed by atoms with Crippen molar-refractivity contribution in [1.82, 2.24) is 4.57 Å². The first-order valence-electron chi connectivity index (χ1n) is 3.62. The third-order valence-electron chi connectivity index (χ3n) is 1.52. The Hall–Kier alpha value is -2.00. The van der Waals surface area contributed by atoms with Crippen LogP contribution in [-0.4, -0.2) is 10.5 Å². The van der Waals surface area contributed by atoms with Gasteiger partial charge in [-0.2, -0.15) is 0 Å². The number of azide groups is 1. The van der Waals surface area contributed by atoms with Gasteiger partial charge in [-0.3, -0.25) is 4.79 Å². The van der Waals surface area contributed by atoms with E-state index in [0.717, 1.165) is 5.69 Å². The topological polar surface area (TPSA) is 70.8 Å². The Kier molecular flexibility index (Phi) is 2.89. The fourth-order valence-corrected chi connectivity index (χ4v) is 0.882. The van der Waals surface area contributed by atoms with Gasteiger partial charge in [-0.15, -0.1) is 0 Å². The second-order valence-electron chi connectivity index (χ2n) is 2.40. The monoisotopic (exact) mass is 176 g/mol. The Morgan fingerprint density at radius 1 is 1.77 bits per heavy atom. The molecule has 1 rings (SSSR count). The van der Waals surface area contributed by atoms with Gasteiger partial charge in [-0.25, -0.2) is 0 Å². The molecule has 0 unspecified atom stereocenters. The van der Waals surface area contributed by atoms with Crippen molar-refractivity contribution < 1.29 is 4.79 Å². The number of carbonyl (C=O) groups is 1. The molecule has 5 nitrogen and oxygen atoms in total. The van der Waals surface area contributed by atoms with Crippen LogP contribution in [-0.2, 0) is 11.8 Å². The first-order chi connectivity index (χ1) is 6.24. The van der Waals surface area contributed by atoms with E-state index in [-0.39, 0.29) is 0 Å². The smallest absolute Gasteiger partial charge is 0.242 e. The van der Waals surface area contributed by atoms with Crippen LogP contribution < -0.4 is 0 Å². The first-order valence-corrected chi connectivity index (χ1v) is 3.62. The van der Waals surface area contributed by atoms with Crippen LogP contribution in [0.2, 0.25) is 0 Å². The molecule has 1 amide bonds. The van der Waals surface area contributed by atoms with E-state index >= 15 is 0 Å². The summed E-state index contributed by atoms with van der Waals surface area (Å²) in [5, 5.41) is 2.90. The van der Waals surface area contributed by atoms with Gasteiger partial charge >= 0.3 is 0 Å². The molecule has 0 atom stereocenters. The molecule has 0 saturated carbocycles. The lowest BCUT2D eigenvalue weighted by Crippen LogP contribution is -1.88. The molecule has 5 heteroatoms. The maximum absolute atomic E-state index is 10.7. The van der Waals surface area contributed by atoms with Crippen molar-refractivity contribution in [3.05, 3.63) is 40.5 Å². The molecule has 0 aromatic carbocycles. The number of aryl methyl sites for hydroxylation is 1. The van der Waals surface area contributed by atoms with E-state index < -0.39 is 5.91 Å². The molecule has 0 aliphatic rings. The zero-order valence-electron chi connectivity index (χ0n) is 7.08. The Morgan fingerprint density at radius 2 is 2.54 bits per heavy atom. The average molecular weight is 176 g/mol. The van der Waals surface area contributed by atoms with Crippen LogP contribution >= 0.6 is 0 Å². The van der Waals surface area contributed by atoms with Crippen molar-refractivity contribution in [2.75, 3.05) is 0 Å². The molecule has 0 N–H and O–H groups in total. The minimum Gasteiger partial charge on any atom is -0.351 e. The molecule has 1 aromatic rings. The summed E-state index contributed by atoms with van der Waals surface area (Å²) in [6.45, 7) is 0. The summed E-state index contributed by atoms with van der Waals surface area (Å²) in [7, 11) is 1.86. The number of hydrogen-bond acceptors (Lipinski definition) is 1. The van der Waals surface area contributed by atoms with Gasteiger partial charge in [-0.05, 0) is 34.9 Å². The van der Waals surface area contributed by atoms with Gasteiger partial charge < -0.3 is 4.57 Å². The van der Waals surface area contributed by atoms with Gasteiger partial charge in [0.2, 0.25) is 5.91 Å². The Bertz CT molecular complexity index is 385. The lowest BCUT2D eigenvalue weighted by Gasteiger charge is -1.93. The van der Waals surface area contributed by atoms with Gasteiger partial charge in [-0.1, -0.05) is 0 Å². The molecule has 0 spiro atoms. The number of nitrogens with zero attached hydrogens (tertiary/aromatic N) is 4. The van der Waals surface area contributed by atoms with E-state index in [4.69, 9.17) is 5.53 Å². The predicted octanol–water partition coefficient (Wildman–Crippen LogP) is 1.88. The molecule has 0 fully saturated rings. The van der Waals surface area contributed by atoms with Crippen LogP contribution in [0.3, 0.4) is 0 Å². The molecule has 0 radical (unpaired) electrons. The van der Waals surface area contributed by atoms with Crippen molar-refractivity contribution in [3.63, 3.8) is 0 Å². The zero-order chi connectivity index (χ0) is 9.68. The number of hydrogen-bond donors (Lipinski definition) is 0. The molecular formula is C8H8N4O. The van der Waals surface area contributed by atoms with Crippen LogP contribution in [0.25, 0.3) is 16.5 Å². The van der Waals surface area contributed by atoms with Crippen LogP contribution in [0.1, 0.15) is 5.69 Å². The number of amides is 1. The summed E-state index contributed by atoms with van der Waals surface area (Å²) >= 11 is 0. The SMILES string of the molecule is Cn1cccc1C=CC(=O)N=[N+]=[N-]. The van der Waals surface area contributed by atoms with Gasteiger partial charge in [0, 0.05) is 23.9 Å².